The standard InChI is InChI=1S/C9H17N3O/c1-2-8(6-10-3-1)12-9-7-13-5-4-11-9/h8,10H,1-7H2,(H,11,12). The summed E-state index contributed by atoms with van der Waals surface area (Å²) in [4.78, 5) is 4.38. The Kier molecular flexibility index (Phi) is 3.16. The molecule has 1 unspecified atom stereocenters. The van der Waals surface area contributed by atoms with Gasteiger partial charge in [0.05, 0.1) is 13.2 Å². The van der Waals surface area contributed by atoms with Crippen LogP contribution < -0.4 is 10.6 Å². The molecule has 0 spiro atoms. The number of ether oxygens (including phenoxy) is 1. The third kappa shape index (κ3) is 2.67. The predicted molar refractivity (Wildman–Crippen MR) is 52.1 cm³/mol. The molecular weight excluding hydrogens is 166 g/mol. The second kappa shape index (κ2) is 4.58. The largest absolute Gasteiger partial charge is 0.372 e. The molecule has 2 rings (SSSR count). The lowest BCUT2D eigenvalue weighted by molar-refractivity contribution is 0.167. The minimum Gasteiger partial charge on any atom is -0.372 e. The fourth-order valence-electron chi connectivity index (χ4n) is 1.76. The molecule has 0 aromatic rings. The van der Waals surface area contributed by atoms with Crippen molar-refractivity contribution in [1.29, 1.82) is 0 Å². The van der Waals surface area contributed by atoms with Gasteiger partial charge in [0.25, 0.3) is 0 Å². The molecule has 2 aliphatic heterocycles. The molecule has 1 fully saturated rings. The van der Waals surface area contributed by atoms with E-state index in [0.29, 0.717) is 12.6 Å². The van der Waals surface area contributed by atoms with Crippen molar-refractivity contribution in [3.63, 3.8) is 0 Å². The zero-order valence-electron chi connectivity index (χ0n) is 7.88. The number of piperidine rings is 1. The van der Waals surface area contributed by atoms with Crippen LogP contribution in [0.1, 0.15) is 12.8 Å². The molecule has 4 heteroatoms. The summed E-state index contributed by atoms with van der Waals surface area (Å²) in [6, 6.07) is 0.550. The SMILES string of the molecule is C1CNCC(NC2=NCCOC2)C1. The van der Waals surface area contributed by atoms with Crippen molar-refractivity contribution >= 4 is 5.84 Å². The molecule has 2 aliphatic rings. The van der Waals surface area contributed by atoms with Crippen LogP contribution in [0.15, 0.2) is 4.99 Å². The van der Waals surface area contributed by atoms with Crippen LogP contribution in [0.2, 0.25) is 0 Å². The van der Waals surface area contributed by atoms with E-state index in [-0.39, 0.29) is 0 Å². The summed E-state index contributed by atoms with van der Waals surface area (Å²) in [5.41, 5.74) is 0. The van der Waals surface area contributed by atoms with E-state index in [1.54, 1.807) is 0 Å². The maximum absolute atomic E-state index is 5.31. The highest BCUT2D eigenvalue weighted by Gasteiger charge is 2.15. The Bertz CT molecular complexity index is 187. The number of nitrogens with one attached hydrogen (secondary N) is 2. The molecule has 74 valence electrons. The van der Waals surface area contributed by atoms with Crippen molar-refractivity contribution in [3.05, 3.63) is 0 Å². The van der Waals surface area contributed by atoms with Crippen LogP contribution in [0, 0.1) is 0 Å². The maximum atomic E-state index is 5.31. The van der Waals surface area contributed by atoms with Crippen LogP contribution in [0.5, 0.6) is 0 Å². The number of rotatable bonds is 1. The molecule has 1 saturated heterocycles. The van der Waals surface area contributed by atoms with Crippen LogP contribution in [0.3, 0.4) is 0 Å². The fourth-order valence-corrected chi connectivity index (χ4v) is 1.76. The molecule has 13 heavy (non-hydrogen) atoms. The Morgan fingerprint density at radius 3 is 3.23 bits per heavy atom. The molecule has 0 bridgehead atoms. The molecule has 0 aromatic heterocycles. The van der Waals surface area contributed by atoms with Crippen LogP contribution in [0.4, 0.5) is 0 Å². The molecule has 0 amide bonds. The summed E-state index contributed by atoms with van der Waals surface area (Å²) < 4.78 is 5.31. The zero-order chi connectivity index (χ0) is 8.93. The Labute approximate surface area is 78.8 Å². The molecule has 0 aromatic carbocycles. The van der Waals surface area contributed by atoms with E-state index in [2.05, 4.69) is 15.6 Å². The van der Waals surface area contributed by atoms with E-state index in [1.807, 2.05) is 0 Å². The van der Waals surface area contributed by atoms with Gasteiger partial charge < -0.3 is 15.4 Å². The van der Waals surface area contributed by atoms with Gasteiger partial charge in [0.2, 0.25) is 0 Å². The van der Waals surface area contributed by atoms with Crippen molar-refractivity contribution in [2.24, 2.45) is 4.99 Å². The second-order valence-electron chi connectivity index (χ2n) is 3.57. The Hall–Kier alpha value is -0.610. The zero-order valence-corrected chi connectivity index (χ0v) is 7.88. The fraction of sp³-hybridized carbons (Fsp3) is 0.889. The van der Waals surface area contributed by atoms with Crippen LogP contribution in [-0.4, -0.2) is 44.7 Å². The Morgan fingerprint density at radius 2 is 2.54 bits per heavy atom. The third-order valence-corrected chi connectivity index (χ3v) is 2.44. The van der Waals surface area contributed by atoms with E-state index < -0.39 is 0 Å². The van der Waals surface area contributed by atoms with Gasteiger partial charge in [-0.05, 0) is 19.4 Å². The van der Waals surface area contributed by atoms with E-state index in [9.17, 15) is 0 Å². The molecule has 2 N–H and O–H groups in total. The Morgan fingerprint density at radius 1 is 1.54 bits per heavy atom. The van der Waals surface area contributed by atoms with Gasteiger partial charge in [0, 0.05) is 12.6 Å². The van der Waals surface area contributed by atoms with E-state index in [1.165, 1.54) is 12.8 Å². The average Bonchev–Trinajstić information content (AvgIpc) is 2.21. The normalized spacial score (nSPS) is 29.5. The van der Waals surface area contributed by atoms with Gasteiger partial charge in [-0.3, -0.25) is 4.99 Å². The lowest BCUT2D eigenvalue weighted by atomic mass is 10.1. The van der Waals surface area contributed by atoms with Gasteiger partial charge >= 0.3 is 0 Å². The summed E-state index contributed by atoms with van der Waals surface area (Å²) in [5.74, 6) is 1.03. The van der Waals surface area contributed by atoms with Gasteiger partial charge in [0.15, 0.2) is 0 Å². The minimum absolute atomic E-state index is 0.550. The summed E-state index contributed by atoms with van der Waals surface area (Å²) in [6.45, 7) is 4.45. The van der Waals surface area contributed by atoms with E-state index in [0.717, 1.165) is 32.1 Å². The number of aliphatic imine (C=N–C) groups is 1. The number of hydrogen-bond donors (Lipinski definition) is 2. The van der Waals surface area contributed by atoms with Crippen molar-refractivity contribution in [3.8, 4) is 0 Å². The summed E-state index contributed by atoms with van der Waals surface area (Å²) in [7, 11) is 0. The van der Waals surface area contributed by atoms with E-state index in [4.69, 9.17) is 4.74 Å². The first-order chi connectivity index (χ1) is 6.45. The lowest BCUT2D eigenvalue weighted by Gasteiger charge is -2.26. The van der Waals surface area contributed by atoms with Crippen molar-refractivity contribution in [1.82, 2.24) is 10.6 Å². The van der Waals surface area contributed by atoms with Gasteiger partial charge in [-0.2, -0.15) is 0 Å². The van der Waals surface area contributed by atoms with Crippen molar-refractivity contribution in [2.45, 2.75) is 18.9 Å². The van der Waals surface area contributed by atoms with Crippen molar-refractivity contribution in [2.75, 3.05) is 32.8 Å². The third-order valence-electron chi connectivity index (χ3n) is 2.44. The van der Waals surface area contributed by atoms with Crippen molar-refractivity contribution < 1.29 is 4.74 Å². The summed E-state index contributed by atoms with van der Waals surface area (Å²) >= 11 is 0. The molecule has 1 atom stereocenters. The quantitative estimate of drug-likeness (QED) is 0.589. The number of nitrogens with zero attached hydrogens (tertiary/aromatic N) is 1. The molecule has 4 nitrogen and oxygen atoms in total. The number of amidine groups is 1. The van der Waals surface area contributed by atoms with Gasteiger partial charge in [-0.1, -0.05) is 0 Å². The molecular formula is C9H17N3O. The molecule has 0 saturated carbocycles. The first kappa shape index (κ1) is 8.97. The van der Waals surface area contributed by atoms with Crippen LogP contribution in [0.25, 0.3) is 0 Å². The minimum atomic E-state index is 0.550. The number of hydrogen-bond acceptors (Lipinski definition) is 4. The summed E-state index contributed by atoms with van der Waals surface area (Å²) in [5, 5.41) is 6.79. The highest BCUT2D eigenvalue weighted by atomic mass is 16.5. The van der Waals surface area contributed by atoms with E-state index >= 15 is 0 Å². The maximum Gasteiger partial charge on any atom is 0.123 e. The lowest BCUT2D eigenvalue weighted by Crippen LogP contribution is -2.47. The summed E-state index contributed by atoms with van der Waals surface area (Å²) in [6.07, 6.45) is 2.50. The first-order valence-corrected chi connectivity index (χ1v) is 5.03. The van der Waals surface area contributed by atoms with Gasteiger partial charge in [-0.15, -0.1) is 0 Å². The van der Waals surface area contributed by atoms with Gasteiger partial charge in [-0.25, -0.2) is 0 Å². The van der Waals surface area contributed by atoms with Crippen LogP contribution in [-0.2, 0) is 4.74 Å². The highest BCUT2D eigenvalue weighted by Crippen LogP contribution is 2.02. The second-order valence-corrected chi connectivity index (χ2v) is 3.57. The monoisotopic (exact) mass is 183 g/mol. The molecule has 2 heterocycles. The van der Waals surface area contributed by atoms with Crippen LogP contribution >= 0.6 is 0 Å². The predicted octanol–water partition coefficient (Wildman–Crippen LogP) is -0.243. The highest BCUT2D eigenvalue weighted by molar-refractivity contribution is 5.84. The van der Waals surface area contributed by atoms with Gasteiger partial charge in [0.1, 0.15) is 12.4 Å². The molecule has 0 aliphatic carbocycles. The Balaban J connectivity index is 1.78. The first-order valence-electron chi connectivity index (χ1n) is 5.03. The average molecular weight is 183 g/mol. The molecule has 0 radical (unpaired) electrons. The smallest absolute Gasteiger partial charge is 0.123 e. The topological polar surface area (TPSA) is 45.7 Å².